The molecule has 3 rings (SSSR count). The van der Waals surface area contributed by atoms with Gasteiger partial charge in [-0.05, 0) is 43.5 Å². The molecule has 22 heavy (non-hydrogen) atoms. The molecule has 1 aromatic rings. The number of pyridine rings is 1. The van der Waals surface area contributed by atoms with E-state index in [1.807, 2.05) is 6.07 Å². The van der Waals surface area contributed by atoms with E-state index >= 15 is 0 Å². The molecule has 0 atom stereocenters. The highest BCUT2D eigenvalue weighted by atomic mass is 32.2. The second-order valence-corrected chi connectivity index (χ2v) is 8.79. The Morgan fingerprint density at radius 1 is 1.27 bits per heavy atom. The Labute approximate surface area is 133 Å². The number of sulfonamides is 1. The molecule has 5 nitrogen and oxygen atoms in total. The van der Waals surface area contributed by atoms with Crippen molar-refractivity contribution in [2.75, 3.05) is 19.6 Å². The maximum Gasteiger partial charge on any atom is 0.217 e. The van der Waals surface area contributed by atoms with Crippen LogP contribution in [0, 0.1) is 0 Å². The SMILES string of the molecule is CC(C)c1ccc2c(n1)CCN(S(=O)(=O)C1CCNCC1)C2. The molecule has 1 saturated heterocycles. The number of nitrogens with one attached hydrogen (secondary N) is 1. The van der Waals surface area contributed by atoms with E-state index in [-0.39, 0.29) is 5.25 Å². The average molecular weight is 323 g/mol. The van der Waals surface area contributed by atoms with Crippen LogP contribution in [0.4, 0.5) is 0 Å². The highest BCUT2D eigenvalue weighted by Crippen LogP contribution is 2.26. The Balaban J connectivity index is 1.79. The lowest BCUT2D eigenvalue weighted by Gasteiger charge is -2.33. The number of rotatable bonds is 3. The van der Waals surface area contributed by atoms with Crippen LogP contribution in [0.25, 0.3) is 0 Å². The molecule has 0 amide bonds. The molecule has 0 bridgehead atoms. The van der Waals surface area contributed by atoms with E-state index in [0.717, 1.165) is 49.3 Å². The summed E-state index contributed by atoms with van der Waals surface area (Å²) in [5, 5.41) is 3.01. The van der Waals surface area contributed by atoms with Crippen molar-refractivity contribution in [3.63, 3.8) is 0 Å². The van der Waals surface area contributed by atoms with Crippen molar-refractivity contribution >= 4 is 10.0 Å². The van der Waals surface area contributed by atoms with Crippen molar-refractivity contribution in [2.45, 2.75) is 50.8 Å². The average Bonchev–Trinajstić information content (AvgIpc) is 2.54. The summed E-state index contributed by atoms with van der Waals surface area (Å²) < 4.78 is 27.3. The zero-order valence-electron chi connectivity index (χ0n) is 13.4. The van der Waals surface area contributed by atoms with E-state index < -0.39 is 10.0 Å². The van der Waals surface area contributed by atoms with Gasteiger partial charge in [-0.2, -0.15) is 4.31 Å². The summed E-state index contributed by atoms with van der Waals surface area (Å²) in [7, 11) is -3.19. The number of nitrogens with zero attached hydrogens (tertiary/aromatic N) is 2. The number of hydrogen-bond acceptors (Lipinski definition) is 4. The van der Waals surface area contributed by atoms with Gasteiger partial charge in [0.25, 0.3) is 0 Å². The van der Waals surface area contributed by atoms with Crippen molar-refractivity contribution in [3.8, 4) is 0 Å². The molecule has 1 aromatic heterocycles. The fraction of sp³-hybridized carbons (Fsp3) is 0.688. The summed E-state index contributed by atoms with van der Waals surface area (Å²) >= 11 is 0. The molecule has 0 spiro atoms. The van der Waals surface area contributed by atoms with Crippen LogP contribution in [0.1, 0.15) is 49.6 Å². The fourth-order valence-corrected chi connectivity index (χ4v) is 5.17. The monoisotopic (exact) mass is 323 g/mol. The Hall–Kier alpha value is -0.980. The highest BCUT2D eigenvalue weighted by Gasteiger charge is 2.35. The summed E-state index contributed by atoms with van der Waals surface area (Å²) in [6, 6.07) is 4.09. The van der Waals surface area contributed by atoms with E-state index in [4.69, 9.17) is 4.98 Å². The minimum atomic E-state index is -3.19. The molecule has 3 heterocycles. The Morgan fingerprint density at radius 2 is 2.00 bits per heavy atom. The molecule has 6 heteroatoms. The number of hydrogen-bond donors (Lipinski definition) is 1. The minimum absolute atomic E-state index is 0.224. The zero-order chi connectivity index (χ0) is 15.7. The molecule has 0 aromatic carbocycles. The minimum Gasteiger partial charge on any atom is -0.317 e. The fourth-order valence-electron chi connectivity index (χ4n) is 3.25. The maximum absolute atomic E-state index is 12.8. The van der Waals surface area contributed by atoms with Crippen LogP contribution < -0.4 is 5.32 Å². The number of fused-ring (bicyclic) bond motifs is 1. The third kappa shape index (κ3) is 3.05. The molecule has 2 aliphatic heterocycles. The summed E-state index contributed by atoms with van der Waals surface area (Å²) in [5.41, 5.74) is 3.23. The smallest absolute Gasteiger partial charge is 0.217 e. The lowest BCUT2D eigenvalue weighted by molar-refractivity contribution is 0.370. The van der Waals surface area contributed by atoms with Crippen LogP contribution in [0.5, 0.6) is 0 Å². The van der Waals surface area contributed by atoms with Gasteiger partial charge in [-0.3, -0.25) is 4.98 Å². The molecule has 0 unspecified atom stereocenters. The second-order valence-electron chi connectivity index (χ2n) is 6.57. The van der Waals surface area contributed by atoms with Crippen LogP contribution in [0.2, 0.25) is 0 Å². The van der Waals surface area contributed by atoms with E-state index in [9.17, 15) is 8.42 Å². The first-order valence-electron chi connectivity index (χ1n) is 8.17. The van der Waals surface area contributed by atoms with E-state index in [1.165, 1.54) is 0 Å². The normalized spacial score (nSPS) is 21.0. The van der Waals surface area contributed by atoms with Crippen molar-refractivity contribution in [3.05, 3.63) is 29.1 Å². The highest BCUT2D eigenvalue weighted by molar-refractivity contribution is 7.89. The van der Waals surface area contributed by atoms with Gasteiger partial charge in [-0.1, -0.05) is 19.9 Å². The van der Waals surface area contributed by atoms with Gasteiger partial charge in [0.15, 0.2) is 0 Å². The molecular weight excluding hydrogens is 298 g/mol. The maximum atomic E-state index is 12.8. The van der Waals surface area contributed by atoms with Gasteiger partial charge >= 0.3 is 0 Å². The van der Waals surface area contributed by atoms with Crippen LogP contribution in [0.3, 0.4) is 0 Å². The Morgan fingerprint density at radius 3 is 2.68 bits per heavy atom. The number of aromatic nitrogens is 1. The molecular formula is C16H25N3O2S. The van der Waals surface area contributed by atoms with Crippen LogP contribution >= 0.6 is 0 Å². The van der Waals surface area contributed by atoms with Gasteiger partial charge in [0, 0.05) is 30.9 Å². The molecule has 1 fully saturated rings. The van der Waals surface area contributed by atoms with Crippen LogP contribution in [-0.4, -0.2) is 42.6 Å². The summed E-state index contributed by atoms with van der Waals surface area (Å²) in [6.07, 6.45) is 2.16. The standard InChI is InChI=1S/C16H25N3O2S/c1-12(2)15-4-3-13-11-19(10-7-16(13)18-15)22(20,21)14-5-8-17-9-6-14/h3-4,12,14,17H,5-11H2,1-2H3. The molecule has 0 radical (unpaired) electrons. The van der Waals surface area contributed by atoms with Gasteiger partial charge in [-0.25, -0.2) is 8.42 Å². The number of piperidine rings is 1. The van der Waals surface area contributed by atoms with Gasteiger partial charge in [0.05, 0.1) is 5.25 Å². The van der Waals surface area contributed by atoms with Gasteiger partial charge < -0.3 is 5.32 Å². The molecule has 1 N–H and O–H groups in total. The lowest BCUT2D eigenvalue weighted by Crippen LogP contribution is -2.45. The van der Waals surface area contributed by atoms with Gasteiger partial charge in [0.2, 0.25) is 10.0 Å². The summed E-state index contributed by atoms with van der Waals surface area (Å²) in [6.45, 7) is 6.90. The Bertz CT molecular complexity index is 637. The predicted molar refractivity (Wildman–Crippen MR) is 87.3 cm³/mol. The second kappa shape index (κ2) is 6.26. The van der Waals surface area contributed by atoms with Crippen LogP contribution in [0.15, 0.2) is 12.1 Å². The molecule has 0 saturated carbocycles. The van der Waals surface area contributed by atoms with Crippen molar-refractivity contribution in [2.24, 2.45) is 0 Å². The first-order chi connectivity index (χ1) is 10.5. The quantitative estimate of drug-likeness (QED) is 0.919. The summed E-state index contributed by atoms with van der Waals surface area (Å²) in [5.74, 6) is 0.404. The van der Waals surface area contributed by atoms with Crippen molar-refractivity contribution < 1.29 is 8.42 Å². The third-order valence-electron chi connectivity index (χ3n) is 4.69. The largest absolute Gasteiger partial charge is 0.317 e. The van der Waals surface area contributed by atoms with Gasteiger partial charge in [-0.15, -0.1) is 0 Å². The summed E-state index contributed by atoms with van der Waals surface area (Å²) in [4.78, 5) is 4.71. The van der Waals surface area contributed by atoms with Crippen molar-refractivity contribution in [1.82, 2.24) is 14.6 Å². The Kier molecular flexibility index (Phi) is 4.52. The first-order valence-corrected chi connectivity index (χ1v) is 9.67. The van der Waals surface area contributed by atoms with E-state index in [2.05, 4.69) is 25.2 Å². The topological polar surface area (TPSA) is 62.3 Å². The molecule has 122 valence electrons. The molecule has 2 aliphatic rings. The molecule has 0 aliphatic carbocycles. The lowest BCUT2D eigenvalue weighted by atomic mass is 10.0. The van der Waals surface area contributed by atoms with E-state index in [0.29, 0.717) is 19.0 Å². The first kappa shape index (κ1) is 15.9. The van der Waals surface area contributed by atoms with Crippen molar-refractivity contribution in [1.29, 1.82) is 0 Å². The van der Waals surface area contributed by atoms with Crippen LogP contribution in [-0.2, 0) is 23.0 Å². The predicted octanol–water partition coefficient (Wildman–Crippen LogP) is 1.64. The third-order valence-corrected chi connectivity index (χ3v) is 7.04. The van der Waals surface area contributed by atoms with E-state index in [1.54, 1.807) is 4.31 Å². The zero-order valence-corrected chi connectivity index (χ0v) is 14.2. The van der Waals surface area contributed by atoms with Gasteiger partial charge in [0.1, 0.15) is 0 Å².